The Labute approximate surface area is 239 Å². The summed E-state index contributed by atoms with van der Waals surface area (Å²) >= 11 is 0. The average Bonchev–Trinajstić information content (AvgIpc) is 3.50. The summed E-state index contributed by atoms with van der Waals surface area (Å²) in [5, 5.41) is 4.67. The van der Waals surface area contributed by atoms with Gasteiger partial charge in [-0.05, 0) is 58.2 Å². The summed E-state index contributed by atoms with van der Waals surface area (Å²) in [6.45, 7) is 0. The van der Waals surface area contributed by atoms with Crippen molar-refractivity contribution in [3.63, 3.8) is 0 Å². The van der Waals surface area contributed by atoms with Crippen molar-refractivity contribution < 1.29 is 21.1 Å². The Morgan fingerprint density at radius 1 is 0.436 bits per heavy atom. The van der Waals surface area contributed by atoms with Gasteiger partial charge in [-0.2, -0.15) is 24.3 Å². The zero-order chi connectivity index (χ0) is 25.1. The van der Waals surface area contributed by atoms with Crippen molar-refractivity contribution >= 4 is 43.6 Å². The molecular weight excluding hydrogens is 659 g/mol. The van der Waals surface area contributed by atoms with Crippen molar-refractivity contribution in [2.75, 3.05) is 0 Å². The predicted molar refractivity (Wildman–Crippen MR) is 154 cm³/mol. The van der Waals surface area contributed by atoms with Gasteiger partial charge in [0.1, 0.15) is 11.6 Å². The van der Waals surface area contributed by atoms with Gasteiger partial charge in [0.05, 0.1) is 0 Å². The Hall–Kier alpha value is -4.53. The van der Waals surface area contributed by atoms with Crippen LogP contribution in [-0.2, 0) is 21.1 Å². The van der Waals surface area contributed by atoms with E-state index in [2.05, 4.69) is 104 Å². The molecule has 8 aromatic rings. The zero-order valence-electron chi connectivity index (χ0n) is 20.7. The number of aromatic nitrogens is 4. The van der Waals surface area contributed by atoms with Crippen molar-refractivity contribution in [3.05, 3.63) is 134 Å². The Morgan fingerprint density at radius 2 is 0.872 bits per heavy atom. The minimum Gasteiger partial charge on any atom is -0.314 e. The van der Waals surface area contributed by atoms with Crippen molar-refractivity contribution in [2.24, 2.45) is 0 Å². The molecule has 0 aliphatic carbocycles. The minimum atomic E-state index is 0. The number of nitrogens with zero attached hydrogens (tertiary/aromatic N) is 4. The van der Waals surface area contributed by atoms with Crippen molar-refractivity contribution in [1.29, 1.82) is 0 Å². The molecule has 186 valence electrons. The third-order valence-corrected chi connectivity index (χ3v) is 7.21. The van der Waals surface area contributed by atoms with Crippen molar-refractivity contribution in [2.45, 2.75) is 0 Å². The number of pyridine rings is 2. The average molecular weight is 680 g/mol. The first kappa shape index (κ1) is 23.6. The van der Waals surface area contributed by atoms with E-state index >= 15 is 0 Å². The molecule has 8 rings (SSSR count). The molecule has 0 unspecified atom stereocenters. The summed E-state index contributed by atoms with van der Waals surface area (Å²) in [5.41, 5.74) is 6.20. The summed E-state index contributed by atoms with van der Waals surface area (Å²) < 4.78 is 4.38. The van der Waals surface area contributed by atoms with E-state index in [4.69, 9.17) is 0 Å². The molecule has 0 N–H and O–H groups in total. The summed E-state index contributed by atoms with van der Waals surface area (Å²) in [5.74, 6) is 1.75. The van der Waals surface area contributed by atoms with Crippen LogP contribution in [0.1, 0.15) is 0 Å². The van der Waals surface area contributed by atoms with Gasteiger partial charge in [-0.1, -0.05) is 59.3 Å². The Morgan fingerprint density at radius 3 is 1.31 bits per heavy atom. The molecule has 0 aliphatic rings. The van der Waals surface area contributed by atoms with Crippen LogP contribution in [0.2, 0.25) is 0 Å². The van der Waals surface area contributed by atoms with E-state index in [0.717, 1.165) is 55.6 Å². The Balaban J connectivity index is 0.00000253. The van der Waals surface area contributed by atoms with Gasteiger partial charge in [-0.15, -0.1) is 12.1 Å². The van der Waals surface area contributed by atoms with Gasteiger partial charge in [-0.3, -0.25) is 0 Å². The molecule has 0 atom stereocenters. The smallest absolute Gasteiger partial charge is 0.314 e. The molecule has 0 fully saturated rings. The van der Waals surface area contributed by atoms with E-state index in [1.165, 1.54) is 10.8 Å². The van der Waals surface area contributed by atoms with Crippen LogP contribution in [0.25, 0.3) is 66.4 Å². The van der Waals surface area contributed by atoms with Gasteiger partial charge in [0, 0.05) is 23.4 Å². The van der Waals surface area contributed by atoms with Crippen LogP contribution in [0, 0.1) is 12.1 Å². The van der Waals surface area contributed by atoms with E-state index in [1.54, 1.807) is 0 Å². The van der Waals surface area contributed by atoms with Gasteiger partial charge in [0.25, 0.3) is 0 Å². The third-order valence-electron chi connectivity index (χ3n) is 7.21. The molecule has 0 aliphatic heterocycles. The molecule has 4 nitrogen and oxygen atoms in total. The molecule has 4 aromatic heterocycles. The van der Waals surface area contributed by atoms with Crippen LogP contribution in [0.15, 0.2) is 122 Å². The van der Waals surface area contributed by atoms with Crippen molar-refractivity contribution in [1.82, 2.24) is 19.1 Å². The fraction of sp³-hybridized carbons (Fsp3) is 0. The molecular formula is C34H20N4Pt. The fourth-order valence-corrected chi connectivity index (χ4v) is 5.55. The molecule has 0 bridgehead atoms. The van der Waals surface area contributed by atoms with E-state index < -0.39 is 0 Å². The maximum atomic E-state index is 4.66. The largest absolute Gasteiger partial charge is 2.00 e. The number of hydrogen-bond acceptors (Lipinski definition) is 2. The number of fused-ring (bicyclic) bond motifs is 6. The maximum absolute atomic E-state index is 4.66. The monoisotopic (exact) mass is 679 g/mol. The summed E-state index contributed by atoms with van der Waals surface area (Å²) in [6.07, 6.45) is 3.66. The molecule has 0 spiro atoms. The second-order valence-electron chi connectivity index (χ2n) is 9.35. The summed E-state index contributed by atoms with van der Waals surface area (Å²) in [6, 6.07) is 45.0. The van der Waals surface area contributed by atoms with Crippen LogP contribution in [-0.4, -0.2) is 19.1 Å². The number of rotatable bonds is 3. The predicted octanol–water partition coefficient (Wildman–Crippen LogP) is 7.94. The van der Waals surface area contributed by atoms with Crippen LogP contribution in [0.4, 0.5) is 0 Å². The van der Waals surface area contributed by atoms with E-state index in [9.17, 15) is 0 Å². The Bertz CT molecular complexity index is 1970. The number of para-hydroxylation sites is 2. The first-order valence-electron chi connectivity index (χ1n) is 12.6. The fourth-order valence-electron chi connectivity index (χ4n) is 5.55. The maximum Gasteiger partial charge on any atom is 2.00 e. The van der Waals surface area contributed by atoms with Gasteiger partial charge in [0.15, 0.2) is 0 Å². The minimum absolute atomic E-state index is 0. The molecule has 4 heterocycles. The summed E-state index contributed by atoms with van der Waals surface area (Å²) in [7, 11) is 0. The topological polar surface area (TPSA) is 35.6 Å². The third kappa shape index (κ3) is 3.64. The first-order valence-corrected chi connectivity index (χ1v) is 12.6. The molecule has 0 amide bonds. The van der Waals surface area contributed by atoms with E-state index in [1.807, 2.05) is 48.8 Å². The first-order chi connectivity index (χ1) is 18.9. The second-order valence-corrected chi connectivity index (χ2v) is 9.35. The zero-order valence-corrected chi connectivity index (χ0v) is 22.9. The molecule has 0 saturated heterocycles. The second kappa shape index (κ2) is 9.34. The van der Waals surface area contributed by atoms with E-state index in [0.29, 0.717) is 0 Å². The Kier molecular flexibility index (Phi) is 5.64. The quantitative estimate of drug-likeness (QED) is 0.178. The van der Waals surface area contributed by atoms with Crippen LogP contribution < -0.4 is 0 Å². The standard InChI is InChI=1S/C34H20N4.Pt/c1-3-11-29-25(9-1)27-17-15-23(21-31(27)37(29)33-13-5-7-19-35-33)24-16-18-28-26-10-2-4-12-30(26)38(32(28)22-24)34-14-6-8-20-36-34;/h1-20H;/q-2;+2. The molecule has 0 saturated carbocycles. The normalized spacial score (nSPS) is 11.4. The van der Waals surface area contributed by atoms with E-state index in [-0.39, 0.29) is 21.1 Å². The van der Waals surface area contributed by atoms with Gasteiger partial charge in [-0.25, -0.2) is 21.1 Å². The molecule has 39 heavy (non-hydrogen) atoms. The molecule has 0 radical (unpaired) electrons. The van der Waals surface area contributed by atoms with Crippen LogP contribution >= 0.6 is 0 Å². The van der Waals surface area contributed by atoms with Gasteiger partial charge < -0.3 is 9.13 Å². The van der Waals surface area contributed by atoms with Gasteiger partial charge >= 0.3 is 21.1 Å². The van der Waals surface area contributed by atoms with Crippen LogP contribution in [0.3, 0.4) is 0 Å². The number of hydrogen-bond donors (Lipinski definition) is 0. The molecule has 5 heteroatoms. The summed E-state index contributed by atoms with van der Waals surface area (Å²) in [4.78, 5) is 9.32. The molecule has 4 aromatic carbocycles. The SMILES string of the molecule is [Pt+2].[c-]1c(-c2[c-]c3c(cc2)c2ccccc2n3-c2ccccn2)ccc2c3ccccc3n(-c3ccccn3)c12. The van der Waals surface area contributed by atoms with Crippen molar-refractivity contribution in [3.8, 4) is 22.8 Å². The van der Waals surface area contributed by atoms with Gasteiger partial charge in [0.2, 0.25) is 0 Å². The van der Waals surface area contributed by atoms with Crippen LogP contribution in [0.5, 0.6) is 0 Å². The number of benzene rings is 4.